The molecule has 0 spiro atoms. The average Bonchev–Trinajstić information content (AvgIpc) is 2.91. The maximum Gasteiger partial charge on any atom is 0.264 e. The summed E-state index contributed by atoms with van der Waals surface area (Å²) in [5.74, 6) is -0.243. The highest BCUT2D eigenvalue weighted by atomic mass is 32.1. The van der Waals surface area contributed by atoms with Crippen LogP contribution in [0.5, 0.6) is 0 Å². The molecular formula is C13H18N2O3S. The van der Waals surface area contributed by atoms with E-state index < -0.39 is 6.10 Å². The van der Waals surface area contributed by atoms with E-state index in [2.05, 4.69) is 0 Å². The summed E-state index contributed by atoms with van der Waals surface area (Å²) in [6, 6.07) is 3.56. The molecule has 1 N–H and O–H groups in total. The highest BCUT2D eigenvalue weighted by Gasteiger charge is 2.24. The van der Waals surface area contributed by atoms with E-state index >= 15 is 0 Å². The van der Waals surface area contributed by atoms with Gasteiger partial charge < -0.3 is 14.9 Å². The molecule has 6 heteroatoms. The first kappa shape index (κ1) is 14.0. The number of amides is 2. The lowest BCUT2D eigenvalue weighted by atomic mass is 10.1. The van der Waals surface area contributed by atoms with Crippen LogP contribution in [0.25, 0.3) is 0 Å². The van der Waals surface area contributed by atoms with E-state index in [9.17, 15) is 14.7 Å². The third-order valence-corrected chi connectivity index (χ3v) is 4.06. The molecule has 1 saturated heterocycles. The summed E-state index contributed by atoms with van der Waals surface area (Å²) < 4.78 is 0. The van der Waals surface area contributed by atoms with Gasteiger partial charge in [0.15, 0.2) is 0 Å². The number of nitrogens with zero attached hydrogens (tertiary/aromatic N) is 2. The molecule has 104 valence electrons. The number of carbonyl (C=O) groups excluding carboxylic acids is 2. The lowest BCUT2D eigenvalue weighted by molar-refractivity contribution is -0.134. The smallest absolute Gasteiger partial charge is 0.264 e. The molecule has 2 rings (SSSR count). The first-order valence-electron chi connectivity index (χ1n) is 6.32. The minimum atomic E-state index is -0.434. The number of likely N-dealkylation sites (tertiary alicyclic amines) is 1. The molecule has 1 aliphatic rings. The molecule has 0 aromatic carbocycles. The second-order valence-electron chi connectivity index (χ2n) is 4.77. The number of β-amino-alcohol motifs (C(OH)–C–C–N with tert-alkyl or cyclic N) is 1. The fourth-order valence-electron chi connectivity index (χ4n) is 2.14. The van der Waals surface area contributed by atoms with Gasteiger partial charge in [-0.15, -0.1) is 11.3 Å². The summed E-state index contributed by atoms with van der Waals surface area (Å²) >= 11 is 1.37. The van der Waals surface area contributed by atoms with Crippen LogP contribution in [0.3, 0.4) is 0 Å². The zero-order chi connectivity index (χ0) is 13.8. The summed E-state index contributed by atoms with van der Waals surface area (Å²) in [5.41, 5.74) is 0. The Morgan fingerprint density at radius 2 is 2.37 bits per heavy atom. The van der Waals surface area contributed by atoms with Crippen molar-refractivity contribution in [3.8, 4) is 0 Å². The number of piperidine rings is 1. The lowest BCUT2D eigenvalue weighted by Gasteiger charge is -2.31. The zero-order valence-corrected chi connectivity index (χ0v) is 11.7. The molecule has 0 radical (unpaired) electrons. The van der Waals surface area contributed by atoms with Gasteiger partial charge in [0.1, 0.15) is 0 Å². The van der Waals surface area contributed by atoms with Gasteiger partial charge in [-0.25, -0.2) is 0 Å². The van der Waals surface area contributed by atoms with E-state index in [0.29, 0.717) is 18.0 Å². The molecule has 1 atom stereocenters. The van der Waals surface area contributed by atoms with Crippen LogP contribution in [-0.4, -0.2) is 59.5 Å². The molecule has 1 aromatic heterocycles. The highest BCUT2D eigenvalue weighted by molar-refractivity contribution is 7.12. The zero-order valence-electron chi connectivity index (χ0n) is 10.9. The van der Waals surface area contributed by atoms with Gasteiger partial charge in [-0.1, -0.05) is 6.07 Å². The van der Waals surface area contributed by atoms with E-state index in [-0.39, 0.29) is 18.4 Å². The minimum Gasteiger partial charge on any atom is -0.391 e. The van der Waals surface area contributed by atoms with Crippen molar-refractivity contribution in [2.45, 2.75) is 18.9 Å². The van der Waals surface area contributed by atoms with Crippen LogP contribution in [0.4, 0.5) is 0 Å². The van der Waals surface area contributed by atoms with Gasteiger partial charge >= 0.3 is 0 Å². The molecule has 19 heavy (non-hydrogen) atoms. The summed E-state index contributed by atoms with van der Waals surface area (Å²) in [4.78, 5) is 27.7. The van der Waals surface area contributed by atoms with E-state index in [4.69, 9.17) is 0 Å². The third-order valence-electron chi connectivity index (χ3n) is 3.20. The summed E-state index contributed by atoms with van der Waals surface area (Å²) in [6.07, 6.45) is 1.12. The molecule has 1 aliphatic heterocycles. The Kier molecular flexibility index (Phi) is 4.55. The van der Waals surface area contributed by atoms with Crippen molar-refractivity contribution in [3.05, 3.63) is 22.4 Å². The molecule has 1 fully saturated rings. The van der Waals surface area contributed by atoms with E-state index in [0.717, 1.165) is 12.8 Å². The molecule has 1 aromatic rings. The Balaban J connectivity index is 1.89. The van der Waals surface area contributed by atoms with Crippen molar-refractivity contribution in [1.82, 2.24) is 9.80 Å². The van der Waals surface area contributed by atoms with E-state index in [1.165, 1.54) is 16.2 Å². The third kappa shape index (κ3) is 3.54. The van der Waals surface area contributed by atoms with Gasteiger partial charge in [-0.3, -0.25) is 9.59 Å². The molecule has 1 unspecified atom stereocenters. The maximum absolute atomic E-state index is 12.1. The summed E-state index contributed by atoms with van der Waals surface area (Å²) in [5, 5.41) is 11.4. The number of hydrogen-bond donors (Lipinski definition) is 1. The predicted molar refractivity (Wildman–Crippen MR) is 73.1 cm³/mol. The van der Waals surface area contributed by atoms with Crippen LogP contribution in [0.1, 0.15) is 22.5 Å². The van der Waals surface area contributed by atoms with Crippen molar-refractivity contribution in [2.24, 2.45) is 0 Å². The topological polar surface area (TPSA) is 60.9 Å². The number of carbonyl (C=O) groups is 2. The van der Waals surface area contributed by atoms with Crippen LogP contribution in [0, 0.1) is 0 Å². The molecule has 2 amide bonds. The number of aliphatic hydroxyl groups excluding tert-OH is 1. The Labute approximate surface area is 116 Å². The number of hydrogen-bond acceptors (Lipinski definition) is 4. The Morgan fingerprint density at radius 1 is 1.58 bits per heavy atom. The summed E-state index contributed by atoms with van der Waals surface area (Å²) in [6.45, 7) is 1.10. The average molecular weight is 282 g/mol. The molecule has 0 aliphatic carbocycles. The van der Waals surface area contributed by atoms with Gasteiger partial charge in [0.25, 0.3) is 5.91 Å². The molecule has 0 saturated carbocycles. The maximum atomic E-state index is 12.1. The van der Waals surface area contributed by atoms with Gasteiger partial charge in [-0.05, 0) is 24.3 Å². The number of aliphatic hydroxyl groups is 1. The lowest BCUT2D eigenvalue weighted by Crippen LogP contribution is -2.46. The minimum absolute atomic E-state index is 0.0590. The fraction of sp³-hybridized carbons (Fsp3) is 0.538. The van der Waals surface area contributed by atoms with Crippen molar-refractivity contribution in [2.75, 3.05) is 26.7 Å². The first-order chi connectivity index (χ1) is 9.08. The second kappa shape index (κ2) is 6.16. The SMILES string of the molecule is CN(CC(=O)N1CCCC(O)C1)C(=O)c1cccs1. The molecule has 0 bridgehead atoms. The fourth-order valence-corrected chi connectivity index (χ4v) is 2.86. The summed E-state index contributed by atoms with van der Waals surface area (Å²) in [7, 11) is 1.63. The Morgan fingerprint density at radius 3 is 3.00 bits per heavy atom. The monoisotopic (exact) mass is 282 g/mol. The second-order valence-corrected chi connectivity index (χ2v) is 5.72. The van der Waals surface area contributed by atoms with Crippen molar-refractivity contribution in [3.63, 3.8) is 0 Å². The Bertz CT molecular complexity index is 447. The van der Waals surface area contributed by atoms with E-state index in [1.54, 1.807) is 18.0 Å². The number of likely N-dealkylation sites (N-methyl/N-ethyl adjacent to an activating group) is 1. The molecule has 2 heterocycles. The van der Waals surface area contributed by atoms with Gasteiger partial charge in [-0.2, -0.15) is 0 Å². The van der Waals surface area contributed by atoms with Crippen molar-refractivity contribution in [1.29, 1.82) is 0 Å². The van der Waals surface area contributed by atoms with Crippen molar-refractivity contribution >= 4 is 23.2 Å². The number of thiophene rings is 1. The van der Waals surface area contributed by atoms with Crippen LogP contribution in [0.15, 0.2) is 17.5 Å². The standard InChI is InChI=1S/C13H18N2O3S/c1-14(13(18)11-5-3-7-19-11)9-12(17)15-6-2-4-10(16)8-15/h3,5,7,10,16H,2,4,6,8-9H2,1H3. The normalized spacial score (nSPS) is 19.3. The quantitative estimate of drug-likeness (QED) is 0.892. The largest absolute Gasteiger partial charge is 0.391 e. The van der Waals surface area contributed by atoms with Crippen molar-refractivity contribution < 1.29 is 14.7 Å². The van der Waals surface area contributed by atoms with Crippen LogP contribution < -0.4 is 0 Å². The van der Waals surface area contributed by atoms with Crippen LogP contribution in [-0.2, 0) is 4.79 Å². The Hall–Kier alpha value is -1.40. The van der Waals surface area contributed by atoms with E-state index in [1.807, 2.05) is 11.4 Å². The number of rotatable bonds is 3. The van der Waals surface area contributed by atoms with Gasteiger partial charge in [0.05, 0.1) is 17.5 Å². The highest BCUT2D eigenvalue weighted by Crippen LogP contribution is 2.13. The molecular weight excluding hydrogens is 264 g/mol. The van der Waals surface area contributed by atoms with Crippen LogP contribution >= 0.6 is 11.3 Å². The first-order valence-corrected chi connectivity index (χ1v) is 7.20. The van der Waals surface area contributed by atoms with Gasteiger partial charge in [0, 0.05) is 20.1 Å². The van der Waals surface area contributed by atoms with Crippen LogP contribution in [0.2, 0.25) is 0 Å². The predicted octanol–water partition coefficient (Wildman–Crippen LogP) is 0.803. The van der Waals surface area contributed by atoms with Gasteiger partial charge in [0.2, 0.25) is 5.91 Å². The molecule has 5 nitrogen and oxygen atoms in total.